The van der Waals surface area contributed by atoms with Crippen molar-refractivity contribution in [3.8, 4) is 0 Å². The van der Waals surface area contributed by atoms with E-state index in [1.165, 1.54) is 24.3 Å². The molecule has 4 atom stereocenters. The third-order valence-electron chi connectivity index (χ3n) is 4.13. The van der Waals surface area contributed by atoms with Crippen molar-refractivity contribution in [1.82, 2.24) is 0 Å². The summed E-state index contributed by atoms with van der Waals surface area (Å²) in [6.45, 7) is -0.540. The van der Waals surface area contributed by atoms with E-state index in [0.717, 1.165) is 0 Å². The fourth-order valence-corrected chi connectivity index (χ4v) is 3.20. The van der Waals surface area contributed by atoms with E-state index in [2.05, 4.69) is 4.52 Å². The molecule has 0 unspecified atom stereocenters. The van der Waals surface area contributed by atoms with Crippen molar-refractivity contribution in [3.05, 3.63) is 71.8 Å². The van der Waals surface area contributed by atoms with Crippen molar-refractivity contribution in [2.45, 2.75) is 24.7 Å². The third-order valence-corrected chi connectivity index (χ3v) is 4.61. The standard InChI is InChI=1S/C19H18FO9P/c20-15-16(28-18(22)13-9-5-2-6-10-13)14(27-19(15)29-30(23,24)25)11-26-17(21)12-7-3-1-4-8-12/h1-10,14-16,19H,11H2,(H2,23,24,25)/t14-,15+,16-,19-/m1/s1. The number of carbonyl (C=O) groups is 2. The number of benzene rings is 2. The van der Waals surface area contributed by atoms with Crippen LogP contribution in [0.3, 0.4) is 0 Å². The number of ether oxygens (including phenoxy) is 3. The molecular weight excluding hydrogens is 422 g/mol. The van der Waals surface area contributed by atoms with Crippen LogP contribution in [0.1, 0.15) is 20.7 Å². The molecular formula is C19H18FO9P. The first-order valence-electron chi connectivity index (χ1n) is 8.76. The minimum atomic E-state index is -5.10. The second-order valence-corrected chi connectivity index (χ2v) is 7.48. The topological polar surface area (TPSA) is 129 Å². The Bertz CT molecular complexity index is 918. The number of alkyl halides is 1. The van der Waals surface area contributed by atoms with Crippen molar-refractivity contribution in [3.63, 3.8) is 0 Å². The highest BCUT2D eigenvalue weighted by Gasteiger charge is 2.51. The van der Waals surface area contributed by atoms with Crippen LogP contribution >= 0.6 is 7.82 Å². The lowest BCUT2D eigenvalue weighted by molar-refractivity contribution is -0.116. The molecule has 9 nitrogen and oxygen atoms in total. The molecule has 0 saturated carbocycles. The average Bonchev–Trinajstić information content (AvgIpc) is 3.00. The van der Waals surface area contributed by atoms with Crippen LogP contribution in [0.25, 0.3) is 0 Å². The molecule has 1 heterocycles. The van der Waals surface area contributed by atoms with Gasteiger partial charge in [0, 0.05) is 0 Å². The molecule has 0 amide bonds. The van der Waals surface area contributed by atoms with Crippen molar-refractivity contribution in [2.24, 2.45) is 0 Å². The van der Waals surface area contributed by atoms with E-state index in [4.69, 9.17) is 24.0 Å². The van der Waals surface area contributed by atoms with Crippen LogP contribution in [-0.2, 0) is 23.3 Å². The van der Waals surface area contributed by atoms with E-state index in [1.807, 2.05) is 0 Å². The number of halogens is 1. The molecule has 1 fully saturated rings. The van der Waals surface area contributed by atoms with Gasteiger partial charge in [-0.05, 0) is 24.3 Å². The lowest BCUT2D eigenvalue weighted by Crippen LogP contribution is -2.37. The predicted molar refractivity (Wildman–Crippen MR) is 99.1 cm³/mol. The second-order valence-electron chi connectivity index (χ2n) is 6.28. The normalized spacial score (nSPS) is 23.7. The smallest absolute Gasteiger partial charge is 0.459 e. The molecule has 0 aromatic heterocycles. The van der Waals surface area contributed by atoms with E-state index in [9.17, 15) is 18.5 Å². The Hall–Kier alpha value is -2.62. The summed E-state index contributed by atoms with van der Waals surface area (Å²) in [6, 6.07) is 15.7. The van der Waals surface area contributed by atoms with Gasteiger partial charge in [-0.2, -0.15) is 0 Å². The van der Waals surface area contributed by atoms with Crippen LogP contribution in [0.4, 0.5) is 4.39 Å². The van der Waals surface area contributed by atoms with Crippen LogP contribution in [0.2, 0.25) is 0 Å². The van der Waals surface area contributed by atoms with Crippen molar-refractivity contribution >= 4 is 19.8 Å². The Morgan fingerprint density at radius 1 is 0.967 bits per heavy atom. The van der Waals surface area contributed by atoms with Gasteiger partial charge >= 0.3 is 19.8 Å². The molecule has 0 bridgehead atoms. The number of phosphoric ester groups is 1. The lowest BCUT2D eigenvalue weighted by atomic mass is 10.1. The van der Waals surface area contributed by atoms with Gasteiger partial charge in [0.2, 0.25) is 6.29 Å². The molecule has 1 aliphatic rings. The summed E-state index contributed by atoms with van der Waals surface area (Å²) in [4.78, 5) is 42.3. The molecule has 3 rings (SSSR count). The number of carbonyl (C=O) groups excluding carboxylic acids is 2. The Balaban J connectivity index is 1.72. The van der Waals surface area contributed by atoms with E-state index in [1.54, 1.807) is 36.4 Å². The fraction of sp³-hybridized carbons (Fsp3) is 0.263. The molecule has 1 aliphatic heterocycles. The summed E-state index contributed by atoms with van der Waals surface area (Å²) >= 11 is 0. The zero-order valence-corrected chi connectivity index (χ0v) is 16.3. The largest absolute Gasteiger partial charge is 0.472 e. The van der Waals surface area contributed by atoms with Gasteiger partial charge < -0.3 is 24.0 Å². The summed E-state index contributed by atoms with van der Waals surface area (Å²) < 4.78 is 45.5. The third kappa shape index (κ3) is 5.71. The molecule has 1 saturated heterocycles. The van der Waals surface area contributed by atoms with E-state index in [-0.39, 0.29) is 11.1 Å². The molecule has 2 N–H and O–H groups in total. The number of esters is 2. The molecule has 0 aliphatic carbocycles. The first kappa shape index (κ1) is 22.1. The van der Waals surface area contributed by atoms with Crippen LogP contribution in [0.15, 0.2) is 60.7 Å². The Kier molecular flexibility index (Phi) is 6.96. The van der Waals surface area contributed by atoms with E-state index < -0.39 is 51.0 Å². The van der Waals surface area contributed by atoms with Crippen LogP contribution in [-0.4, -0.2) is 53.0 Å². The summed E-state index contributed by atoms with van der Waals surface area (Å²) in [5.74, 6) is -1.62. The van der Waals surface area contributed by atoms with Crippen molar-refractivity contribution < 1.29 is 47.1 Å². The monoisotopic (exact) mass is 440 g/mol. The first-order chi connectivity index (χ1) is 14.2. The van der Waals surface area contributed by atoms with Gasteiger partial charge in [0.15, 0.2) is 12.3 Å². The van der Waals surface area contributed by atoms with Gasteiger partial charge in [-0.1, -0.05) is 36.4 Å². The number of hydrogen-bond acceptors (Lipinski definition) is 7. The maximum absolute atomic E-state index is 14.7. The van der Waals surface area contributed by atoms with Gasteiger partial charge in [0.25, 0.3) is 0 Å². The molecule has 30 heavy (non-hydrogen) atoms. The highest BCUT2D eigenvalue weighted by molar-refractivity contribution is 7.46. The average molecular weight is 440 g/mol. The Morgan fingerprint density at radius 2 is 1.50 bits per heavy atom. The van der Waals surface area contributed by atoms with Crippen molar-refractivity contribution in [1.29, 1.82) is 0 Å². The molecule has 160 valence electrons. The number of phosphoric acid groups is 1. The highest BCUT2D eigenvalue weighted by Crippen LogP contribution is 2.42. The van der Waals surface area contributed by atoms with Crippen LogP contribution < -0.4 is 0 Å². The lowest BCUT2D eigenvalue weighted by Gasteiger charge is -2.19. The summed E-state index contributed by atoms with van der Waals surface area (Å²) in [6.07, 6.45) is -7.22. The highest BCUT2D eigenvalue weighted by atomic mass is 31.2. The summed E-state index contributed by atoms with van der Waals surface area (Å²) in [5, 5.41) is 0. The fourth-order valence-electron chi connectivity index (χ4n) is 2.76. The first-order valence-corrected chi connectivity index (χ1v) is 10.3. The second kappa shape index (κ2) is 9.46. The minimum Gasteiger partial charge on any atom is -0.459 e. The van der Waals surface area contributed by atoms with Gasteiger partial charge in [0.1, 0.15) is 12.7 Å². The van der Waals surface area contributed by atoms with Gasteiger partial charge in [0.05, 0.1) is 11.1 Å². The van der Waals surface area contributed by atoms with E-state index >= 15 is 0 Å². The van der Waals surface area contributed by atoms with Crippen LogP contribution in [0.5, 0.6) is 0 Å². The number of rotatable bonds is 7. The van der Waals surface area contributed by atoms with Crippen LogP contribution in [0, 0.1) is 0 Å². The van der Waals surface area contributed by atoms with Gasteiger partial charge in [-0.15, -0.1) is 0 Å². The summed E-state index contributed by atoms with van der Waals surface area (Å²) in [5.41, 5.74) is 0.359. The maximum atomic E-state index is 14.7. The SMILES string of the molecule is O=C(OC[C@H]1O[C@H](OP(=O)(O)O)[C@@H](F)[C@@H]1OC(=O)c1ccccc1)c1ccccc1. The molecule has 0 spiro atoms. The zero-order chi connectivity index (χ0) is 21.7. The van der Waals surface area contributed by atoms with Crippen molar-refractivity contribution in [2.75, 3.05) is 6.61 Å². The molecule has 2 aromatic carbocycles. The Labute approximate surface area is 170 Å². The predicted octanol–water partition coefficient (Wildman–Crippen LogP) is 2.24. The molecule has 0 radical (unpaired) electrons. The quantitative estimate of drug-likeness (QED) is 0.492. The zero-order valence-electron chi connectivity index (χ0n) is 15.4. The van der Waals surface area contributed by atoms with Gasteiger partial charge in [-0.25, -0.2) is 18.5 Å². The van der Waals surface area contributed by atoms with E-state index in [0.29, 0.717) is 0 Å². The molecule has 11 heteroatoms. The number of hydrogen-bond donors (Lipinski definition) is 2. The maximum Gasteiger partial charge on any atom is 0.472 e. The minimum absolute atomic E-state index is 0.129. The molecule has 2 aromatic rings. The summed E-state index contributed by atoms with van der Waals surface area (Å²) in [7, 11) is -5.10. The van der Waals surface area contributed by atoms with Gasteiger partial charge in [-0.3, -0.25) is 4.52 Å². The Morgan fingerprint density at radius 3 is 2.03 bits per heavy atom.